The molecule has 0 saturated heterocycles. The van der Waals surface area contributed by atoms with E-state index in [-0.39, 0.29) is 11.5 Å². The third kappa shape index (κ3) is 2.97. The Morgan fingerprint density at radius 2 is 1.26 bits per heavy atom. The molecule has 0 aliphatic rings. The lowest BCUT2D eigenvalue weighted by Gasteiger charge is -2.13. The van der Waals surface area contributed by atoms with Crippen LogP contribution < -0.4 is 0 Å². The second-order valence-electron chi connectivity index (χ2n) is 4.42. The van der Waals surface area contributed by atoms with Crippen LogP contribution in [0, 0.1) is 11.3 Å². The van der Waals surface area contributed by atoms with Crippen molar-refractivity contribution in [2.75, 3.05) is 0 Å². The van der Waals surface area contributed by atoms with Gasteiger partial charge in [0, 0.05) is 11.5 Å². The smallest absolute Gasteiger partial charge is 0.205 e. The Hall–Kier alpha value is -2.21. The molecule has 3 heteroatoms. The van der Waals surface area contributed by atoms with E-state index < -0.39 is 6.43 Å². The van der Waals surface area contributed by atoms with E-state index in [1.807, 2.05) is 19.1 Å². The maximum absolute atomic E-state index is 12.5. The van der Waals surface area contributed by atoms with Gasteiger partial charge >= 0.3 is 0 Å². The van der Waals surface area contributed by atoms with E-state index in [2.05, 4.69) is 6.07 Å². The highest BCUT2D eigenvalue weighted by Crippen LogP contribution is 2.26. The third-order valence-electron chi connectivity index (χ3n) is 3.23. The number of benzene rings is 2. The van der Waals surface area contributed by atoms with Crippen LogP contribution >= 0.6 is 0 Å². The first-order chi connectivity index (χ1) is 9.11. The summed E-state index contributed by atoms with van der Waals surface area (Å²) in [5.41, 5.74) is 2.69. The molecule has 0 radical (unpaired) electrons. The average Bonchev–Trinajstić information content (AvgIpc) is 2.46. The monoisotopic (exact) mass is 257 g/mol. The Kier molecular flexibility index (Phi) is 3.91. The molecule has 0 saturated carbocycles. The van der Waals surface area contributed by atoms with Gasteiger partial charge in [0.2, 0.25) is 0 Å². The topological polar surface area (TPSA) is 23.8 Å². The minimum atomic E-state index is -2.43. The highest BCUT2D eigenvalue weighted by Gasteiger charge is 2.11. The van der Waals surface area contributed by atoms with Crippen LogP contribution in [-0.2, 0) is 0 Å². The van der Waals surface area contributed by atoms with Crippen molar-refractivity contribution in [3.8, 4) is 6.07 Å². The standard InChI is InChI=1S/C16H13F2N/c1-11(13-4-2-12(10-19)3-5-13)14-6-8-15(9-7-14)16(17)18/h2-9,11,16H,1H3. The highest BCUT2D eigenvalue weighted by molar-refractivity contribution is 5.37. The van der Waals surface area contributed by atoms with Gasteiger partial charge in [0.15, 0.2) is 0 Å². The Morgan fingerprint density at radius 1 is 0.842 bits per heavy atom. The summed E-state index contributed by atoms with van der Waals surface area (Å²) in [6, 6.07) is 15.8. The molecule has 0 bridgehead atoms. The maximum Gasteiger partial charge on any atom is 0.263 e. The number of alkyl halides is 2. The first kappa shape index (κ1) is 13.2. The van der Waals surface area contributed by atoms with Gasteiger partial charge in [-0.05, 0) is 23.3 Å². The van der Waals surface area contributed by atoms with Gasteiger partial charge < -0.3 is 0 Å². The lowest BCUT2D eigenvalue weighted by atomic mass is 9.92. The van der Waals surface area contributed by atoms with Crippen molar-refractivity contribution >= 4 is 0 Å². The van der Waals surface area contributed by atoms with Crippen LogP contribution in [0.5, 0.6) is 0 Å². The molecule has 1 nitrogen and oxygen atoms in total. The predicted molar refractivity (Wildman–Crippen MR) is 70.1 cm³/mol. The van der Waals surface area contributed by atoms with Crippen molar-refractivity contribution in [2.45, 2.75) is 19.3 Å². The largest absolute Gasteiger partial charge is 0.263 e. The molecule has 0 heterocycles. The summed E-state index contributed by atoms with van der Waals surface area (Å²) in [5.74, 6) is 0.111. The number of hydrogen-bond donors (Lipinski definition) is 0. The van der Waals surface area contributed by atoms with Crippen LogP contribution in [0.1, 0.15) is 41.5 Å². The van der Waals surface area contributed by atoms with E-state index in [0.29, 0.717) is 5.56 Å². The van der Waals surface area contributed by atoms with Crippen LogP contribution in [0.4, 0.5) is 8.78 Å². The average molecular weight is 257 g/mol. The van der Waals surface area contributed by atoms with E-state index in [1.165, 1.54) is 12.1 Å². The van der Waals surface area contributed by atoms with Crippen molar-refractivity contribution in [1.82, 2.24) is 0 Å². The van der Waals surface area contributed by atoms with E-state index in [4.69, 9.17) is 5.26 Å². The Labute approximate surface area is 111 Å². The zero-order valence-corrected chi connectivity index (χ0v) is 10.5. The van der Waals surface area contributed by atoms with Crippen molar-refractivity contribution in [3.05, 3.63) is 70.8 Å². The summed E-state index contributed by atoms with van der Waals surface area (Å²) >= 11 is 0. The quantitative estimate of drug-likeness (QED) is 0.785. The fraction of sp³-hybridized carbons (Fsp3) is 0.188. The SMILES string of the molecule is CC(c1ccc(C#N)cc1)c1ccc(C(F)F)cc1. The van der Waals surface area contributed by atoms with Gasteiger partial charge in [-0.15, -0.1) is 0 Å². The van der Waals surface area contributed by atoms with Crippen molar-refractivity contribution in [2.24, 2.45) is 0 Å². The fourth-order valence-corrected chi connectivity index (χ4v) is 1.97. The number of halogens is 2. The molecule has 2 rings (SSSR count). The maximum atomic E-state index is 12.5. The fourth-order valence-electron chi connectivity index (χ4n) is 1.97. The molecular formula is C16H13F2N. The van der Waals surface area contributed by atoms with Gasteiger partial charge in [0.1, 0.15) is 0 Å². The van der Waals surface area contributed by atoms with E-state index in [9.17, 15) is 8.78 Å². The van der Waals surface area contributed by atoms with Crippen LogP contribution in [-0.4, -0.2) is 0 Å². The van der Waals surface area contributed by atoms with Crippen molar-refractivity contribution < 1.29 is 8.78 Å². The molecule has 0 fully saturated rings. The molecule has 0 aliphatic heterocycles. The lowest BCUT2D eigenvalue weighted by molar-refractivity contribution is 0.151. The van der Waals surface area contributed by atoms with Crippen LogP contribution in [0.25, 0.3) is 0 Å². The second kappa shape index (κ2) is 5.62. The highest BCUT2D eigenvalue weighted by atomic mass is 19.3. The van der Waals surface area contributed by atoms with E-state index in [1.54, 1.807) is 24.3 Å². The first-order valence-electron chi connectivity index (χ1n) is 6.00. The minimum absolute atomic E-state index is 0.0378. The van der Waals surface area contributed by atoms with Gasteiger partial charge in [-0.1, -0.05) is 43.3 Å². The van der Waals surface area contributed by atoms with Gasteiger partial charge in [-0.2, -0.15) is 5.26 Å². The molecule has 0 spiro atoms. The van der Waals surface area contributed by atoms with Gasteiger partial charge in [-0.25, -0.2) is 8.78 Å². The number of rotatable bonds is 3. The molecule has 0 aromatic heterocycles. The summed E-state index contributed by atoms with van der Waals surface area (Å²) in [5, 5.41) is 8.75. The molecule has 2 aromatic carbocycles. The van der Waals surface area contributed by atoms with Gasteiger partial charge in [-0.3, -0.25) is 0 Å². The Balaban J connectivity index is 2.23. The molecule has 0 aliphatic carbocycles. The zero-order valence-electron chi connectivity index (χ0n) is 10.5. The Bertz CT molecular complexity index is 580. The molecule has 0 N–H and O–H groups in total. The Morgan fingerprint density at radius 3 is 1.68 bits per heavy atom. The first-order valence-corrected chi connectivity index (χ1v) is 6.00. The molecule has 2 aromatic rings. The third-order valence-corrected chi connectivity index (χ3v) is 3.23. The van der Waals surface area contributed by atoms with Crippen LogP contribution in [0.3, 0.4) is 0 Å². The number of hydrogen-bond acceptors (Lipinski definition) is 1. The predicted octanol–water partition coefficient (Wildman–Crippen LogP) is 4.65. The second-order valence-corrected chi connectivity index (χ2v) is 4.42. The van der Waals surface area contributed by atoms with Gasteiger partial charge in [0.25, 0.3) is 6.43 Å². The molecule has 96 valence electrons. The lowest BCUT2D eigenvalue weighted by Crippen LogP contribution is -1.96. The van der Waals surface area contributed by atoms with Crippen LogP contribution in [0.15, 0.2) is 48.5 Å². The molecule has 1 unspecified atom stereocenters. The van der Waals surface area contributed by atoms with Crippen molar-refractivity contribution in [1.29, 1.82) is 5.26 Å². The van der Waals surface area contributed by atoms with Crippen molar-refractivity contribution in [3.63, 3.8) is 0 Å². The summed E-state index contributed by atoms with van der Waals surface area (Å²) in [7, 11) is 0. The van der Waals surface area contributed by atoms with E-state index in [0.717, 1.165) is 11.1 Å². The molecule has 1 atom stereocenters. The van der Waals surface area contributed by atoms with Gasteiger partial charge in [0.05, 0.1) is 11.6 Å². The summed E-state index contributed by atoms with van der Waals surface area (Å²) in [6.45, 7) is 2.01. The minimum Gasteiger partial charge on any atom is -0.205 e. The summed E-state index contributed by atoms with van der Waals surface area (Å²) in [6.07, 6.45) is -2.43. The molecule has 19 heavy (non-hydrogen) atoms. The van der Waals surface area contributed by atoms with E-state index >= 15 is 0 Å². The number of nitrogens with zero attached hydrogens (tertiary/aromatic N) is 1. The number of nitriles is 1. The summed E-state index contributed by atoms with van der Waals surface area (Å²) < 4.78 is 25.0. The molecule has 0 amide bonds. The van der Waals surface area contributed by atoms with Crippen LogP contribution in [0.2, 0.25) is 0 Å². The molecular weight excluding hydrogens is 244 g/mol. The zero-order chi connectivity index (χ0) is 13.8. The summed E-state index contributed by atoms with van der Waals surface area (Å²) in [4.78, 5) is 0. The normalized spacial score (nSPS) is 12.2.